The average Bonchev–Trinajstić information content (AvgIpc) is 3.63. The largest absolute Gasteiger partial charge is 2.00 e. The maximum atomic E-state index is 6.51. The molecule has 46 heavy (non-hydrogen) atoms. The molecule has 0 aliphatic heterocycles. The second kappa shape index (κ2) is 10.8. The van der Waals surface area contributed by atoms with E-state index in [9.17, 15) is 0 Å². The molecule has 0 saturated heterocycles. The quantitative estimate of drug-likeness (QED) is 0.133. The first-order valence-electron chi connectivity index (χ1n) is 15.4. The topological polar surface area (TPSA) is 44.3 Å². The van der Waals surface area contributed by atoms with Crippen molar-refractivity contribution in [2.45, 2.75) is 52.4 Å². The molecular weight excluding hydrogens is 748 g/mol. The number of fused-ring (bicyclic) bond motifs is 9. The number of pyridine rings is 2. The van der Waals surface area contributed by atoms with Crippen LogP contribution in [0.1, 0.15) is 52.7 Å². The number of rotatable bonds is 3. The Labute approximate surface area is 283 Å². The maximum Gasteiger partial charge on any atom is 2.00 e. The summed E-state index contributed by atoms with van der Waals surface area (Å²) in [6, 6.07) is 34.3. The molecule has 4 heterocycles. The predicted octanol–water partition coefficient (Wildman–Crippen LogP) is 10.1. The van der Waals surface area contributed by atoms with E-state index >= 15 is 0 Å². The number of benzene rings is 4. The van der Waals surface area contributed by atoms with Gasteiger partial charge in [0, 0.05) is 41.1 Å². The third kappa shape index (κ3) is 4.72. The van der Waals surface area contributed by atoms with Crippen molar-refractivity contribution in [3.05, 3.63) is 121 Å². The van der Waals surface area contributed by atoms with Crippen LogP contribution in [0.15, 0.2) is 97.5 Å². The van der Waals surface area contributed by atoms with Gasteiger partial charge in [-0.15, -0.1) is 29.7 Å². The monoisotopic (exact) mass is 781 g/mol. The van der Waals surface area contributed by atoms with E-state index in [0.717, 1.165) is 49.6 Å². The van der Waals surface area contributed by atoms with Gasteiger partial charge in [-0.25, -0.2) is 4.98 Å². The van der Waals surface area contributed by atoms with Crippen molar-refractivity contribution in [2.24, 2.45) is 0 Å². The normalized spacial score (nSPS) is 12.4. The molecule has 4 aromatic carbocycles. The van der Waals surface area contributed by atoms with Crippen LogP contribution in [-0.2, 0) is 31.9 Å². The first-order chi connectivity index (χ1) is 21.6. The fourth-order valence-electron chi connectivity index (χ4n) is 6.85. The molecule has 0 spiro atoms. The summed E-state index contributed by atoms with van der Waals surface area (Å²) >= 11 is 0. The number of para-hydroxylation sites is 1. The number of hydrogen-bond donors (Lipinski definition) is 0. The van der Waals surface area contributed by atoms with Gasteiger partial charge in [0.2, 0.25) is 0 Å². The van der Waals surface area contributed by atoms with Gasteiger partial charge >= 0.3 is 21.1 Å². The summed E-state index contributed by atoms with van der Waals surface area (Å²) in [4.78, 5) is 9.43. The van der Waals surface area contributed by atoms with Crippen molar-refractivity contribution in [1.82, 2.24) is 18.9 Å². The van der Waals surface area contributed by atoms with E-state index in [1.54, 1.807) is 0 Å². The van der Waals surface area contributed by atoms with Crippen molar-refractivity contribution in [3.63, 3.8) is 0 Å². The molecule has 0 amide bonds. The predicted molar refractivity (Wildman–Crippen MR) is 184 cm³/mol. The third-order valence-corrected chi connectivity index (χ3v) is 8.71. The van der Waals surface area contributed by atoms with Gasteiger partial charge in [0.05, 0.1) is 5.65 Å². The molecule has 0 N–H and O–H groups in total. The molecule has 0 bridgehead atoms. The minimum atomic E-state index is -0.0745. The first kappa shape index (κ1) is 30.2. The Hall–Kier alpha value is -4.47. The molecule has 0 atom stereocenters. The molecular formula is C40H34N4OPt. The third-order valence-electron chi connectivity index (χ3n) is 8.71. The van der Waals surface area contributed by atoms with Gasteiger partial charge in [0.1, 0.15) is 5.82 Å². The summed E-state index contributed by atoms with van der Waals surface area (Å²) in [5.41, 5.74) is 6.64. The van der Waals surface area contributed by atoms with Gasteiger partial charge in [-0.3, -0.25) is 4.98 Å². The van der Waals surface area contributed by atoms with Crippen molar-refractivity contribution in [2.75, 3.05) is 0 Å². The van der Waals surface area contributed by atoms with Gasteiger partial charge in [0.15, 0.2) is 0 Å². The molecule has 0 aliphatic carbocycles. The number of aromatic nitrogens is 4. The minimum absolute atomic E-state index is 0. The molecule has 0 saturated carbocycles. The summed E-state index contributed by atoms with van der Waals surface area (Å²) in [7, 11) is 0. The van der Waals surface area contributed by atoms with E-state index < -0.39 is 0 Å². The SMILES string of the molecule is CC(C)(C)c1ccc2c(c1C(C)(C)C)c1ccc(Oc3[c-]c4c(cc3)c3ccccc3n4-c3ccccn3)[c-]c1c1nccn21.[Pt+2]. The van der Waals surface area contributed by atoms with Crippen molar-refractivity contribution in [1.29, 1.82) is 0 Å². The summed E-state index contributed by atoms with van der Waals surface area (Å²) in [5, 5.41) is 5.55. The van der Waals surface area contributed by atoms with Gasteiger partial charge in [-0.2, -0.15) is 6.07 Å². The Morgan fingerprint density at radius 2 is 1.39 bits per heavy atom. The van der Waals surface area contributed by atoms with Crippen LogP contribution in [0, 0.1) is 12.1 Å². The Morgan fingerprint density at radius 1 is 0.652 bits per heavy atom. The Bertz CT molecular complexity index is 2430. The minimum Gasteiger partial charge on any atom is -0.503 e. The average molecular weight is 782 g/mol. The van der Waals surface area contributed by atoms with Crippen LogP contribution in [0.4, 0.5) is 0 Å². The van der Waals surface area contributed by atoms with Gasteiger partial charge < -0.3 is 13.7 Å². The van der Waals surface area contributed by atoms with Gasteiger partial charge in [-0.1, -0.05) is 94.2 Å². The molecule has 8 aromatic rings. The second-order valence-corrected chi connectivity index (χ2v) is 13.8. The van der Waals surface area contributed by atoms with E-state index in [0.29, 0.717) is 11.5 Å². The molecule has 0 aliphatic rings. The van der Waals surface area contributed by atoms with E-state index in [4.69, 9.17) is 9.72 Å². The van der Waals surface area contributed by atoms with Crippen molar-refractivity contribution < 1.29 is 25.8 Å². The molecule has 6 heteroatoms. The van der Waals surface area contributed by atoms with Crippen LogP contribution in [0.2, 0.25) is 0 Å². The second-order valence-electron chi connectivity index (χ2n) is 13.8. The smallest absolute Gasteiger partial charge is 0.503 e. The van der Waals surface area contributed by atoms with E-state index in [1.165, 1.54) is 16.5 Å². The molecule has 0 radical (unpaired) electrons. The molecule has 0 unspecified atom stereocenters. The summed E-state index contributed by atoms with van der Waals surface area (Å²) in [6.07, 6.45) is 5.72. The fraction of sp³-hybridized carbons (Fsp3) is 0.200. The Balaban J connectivity index is 0.00000338. The fourth-order valence-corrected chi connectivity index (χ4v) is 6.85. The Kier molecular flexibility index (Phi) is 7.10. The Morgan fingerprint density at radius 3 is 2.13 bits per heavy atom. The van der Waals surface area contributed by atoms with Crippen molar-refractivity contribution in [3.8, 4) is 17.3 Å². The molecule has 0 fully saturated rings. The number of nitrogens with zero attached hydrogens (tertiary/aromatic N) is 4. The van der Waals surface area contributed by atoms with Crippen LogP contribution >= 0.6 is 0 Å². The van der Waals surface area contributed by atoms with E-state index in [1.807, 2.05) is 48.9 Å². The summed E-state index contributed by atoms with van der Waals surface area (Å²) < 4.78 is 10.8. The zero-order valence-electron chi connectivity index (χ0n) is 26.8. The summed E-state index contributed by atoms with van der Waals surface area (Å²) in [6.45, 7) is 13.8. The maximum absolute atomic E-state index is 6.51. The van der Waals surface area contributed by atoms with E-state index in [-0.39, 0.29) is 31.9 Å². The molecule has 4 aromatic heterocycles. The standard InChI is InChI=1S/C40H34N4O.Pt/c1-39(2,3)31-18-19-33-36(37(31)40(4,5)6)29-17-15-25(23-30(29)38-42-21-22-43(33)38)45-26-14-16-28-27-11-7-8-12-32(27)44(34(28)24-26)35-13-9-10-20-41-35;/h7-22H,1-6H3;/q-2;+2. The first-order valence-corrected chi connectivity index (χ1v) is 15.4. The van der Waals surface area contributed by atoms with E-state index in [2.05, 4.69) is 116 Å². The number of imidazole rings is 1. The van der Waals surface area contributed by atoms with Crippen molar-refractivity contribution >= 4 is 49.1 Å². The molecule has 5 nitrogen and oxygen atoms in total. The number of hydrogen-bond acceptors (Lipinski definition) is 3. The van der Waals surface area contributed by atoms with Crippen LogP contribution in [-0.4, -0.2) is 18.9 Å². The van der Waals surface area contributed by atoms with Crippen LogP contribution in [0.5, 0.6) is 11.5 Å². The van der Waals surface area contributed by atoms with Crippen LogP contribution in [0.25, 0.3) is 54.9 Å². The molecule has 8 rings (SSSR count). The number of ether oxygens (including phenoxy) is 1. The zero-order valence-corrected chi connectivity index (χ0v) is 29.0. The summed E-state index contributed by atoms with van der Waals surface area (Å²) in [5.74, 6) is 2.07. The zero-order chi connectivity index (χ0) is 31.1. The van der Waals surface area contributed by atoms with Gasteiger partial charge in [-0.05, 0) is 57.0 Å². The van der Waals surface area contributed by atoms with Crippen LogP contribution < -0.4 is 4.74 Å². The van der Waals surface area contributed by atoms with Crippen LogP contribution in [0.3, 0.4) is 0 Å². The molecule has 230 valence electrons. The van der Waals surface area contributed by atoms with Gasteiger partial charge in [0.25, 0.3) is 0 Å².